The lowest BCUT2D eigenvalue weighted by molar-refractivity contribution is 0.0303. The van der Waals surface area contributed by atoms with E-state index >= 15 is 0 Å². The van der Waals surface area contributed by atoms with E-state index in [9.17, 15) is 14.7 Å². The molecule has 1 saturated heterocycles. The lowest BCUT2D eigenvalue weighted by atomic mass is 10.0. The van der Waals surface area contributed by atoms with E-state index in [-0.39, 0.29) is 11.7 Å². The molecule has 0 unspecified atom stereocenters. The SMILES string of the molecule is O=C(O)Oc1cc(-c2nc(-c3ccc(Cl)c(Cl)c3)cs2)ccc1-c1ccc(C(=O)N2CCOCC2)cc1. The highest BCUT2D eigenvalue weighted by Crippen LogP contribution is 2.37. The van der Waals surface area contributed by atoms with Gasteiger partial charge in [-0.15, -0.1) is 11.3 Å². The number of aromatic nitrogens is 1. The fourth-order valence-corrected chi connectivity index (χ4v) is 5.13. The Labute approximate surface area is 226 Å². The van der Waals surface area contributed by atoms with Crippen LogP contribution in [0.1, 0.15) is 10.4 Å². The van der Waals surface area contributed by atoms with E-state index < -0.39 is 6.16 Å². The van der Waals surface area contributed by atoms with Crippen molar-refractivity contribution in [3.8, 4) is 38.7 Å². The van der Waals surface area contributed by atoms with Gasteiger partial charge in [-0.05, 0) is 42.0 Å². The van der Waals surface area contributed by atoms with Crippen molar-refractivity contribution in [3.05, 3.63) is 81.7 Å². The molecule has 3 aromatic carbocycles. The molecule has 1 N–H and O–H groups in total. The third-order valence-corrected chi connectivity index (χ3v) is 7.52. The van der Waals surface area contributed by atoms with Crippen LogP contribution in [0, 0.1) is 0 Å². The normalized spacial score (nSPS) is 13.4. The number of thiazole rings is 1. The second-order valence-electron chi connectivity index (χ2n) is 8.23. The molecule has 0 aliphatic carbocycles. The van der Waals surface area contributed by atoms with Crippen LogP contribution in [-0.2, 0) is 4.74 Å². The molecule has 10 heteroatoms. The summed E-state index contributed by atoms with van der Waals surface area (Å²) < 4.78 is 10.4. The maximum absolute atomic E-state index is 12.7. The molecule has 0 spiro atoms. The summed E-state index contributed by atoms with van der Waals surface area (Å²) in [5.74, 6) is 0.109. The largest absolute Gasteiger partial charge is 0.511 e. The zero-order valence-corrected chi connectivity index (χ0v) is 21.6. The highest BCUT2D eigenvalue weighted by atomic mass is 35.5. The Kier molecular flexibility index (Phi) is 7.43. The van der Waals surface area contributed by atoms with E-state index in [1.807, 2.05) is 17.5 Å². The standard InChI is InChI=1S/C27H20Cl2N2O5S/c28-21-8-6-18(13-22(21)29)23-15-37-25(30-23)19-5-7-20(24(14-19)36-27(33)34)16-1-3-17(4-2-16)26(32)31-9-11-35-12-10-31/h1-8,13-15H,9-12H2,(H,33,34). The number of carboxylic acid groups (broad SMARTS) is 1. The summed E-state index contributed by atoms with van der Waals surface area (Å²) in [5, 5.41) is 12.8. The maximum atomic E-state index is 12.7. The van der Waals surface area contributed by atoms with Crippen LogP contribution < -0.4 is 4.74 Å². The van der Waals surface area contributed by atoms with Gasteiger partial charge in [0.25, 0.3) is 5.91 Å². The van der Waals surface area contributed by atoms with Crippen LogP contribution in [0.25, 0.3) is 33.0 Å². The Morgan fingerprint density at radius 3 is 2.32 bits per heavy atom. The highest BCUT2D eigenvalue weighted by molar-refractivity contribution is 7.13. The zero-order chi connectivity index (χ0) is 25.9. The van der Waals surface area contributed by atoms with Crippen LogP contribution in [-0.4, -0.2) is 53.4 Å². The number of benzene rings is 3. The van der Waals surface area contributed by atoms with Crippen molar-refractivity contribution >= 4 is 46.6 Å². The van der Waals surface area contributed by atoms with Crippen LogP contribution >= 0.6 is 34.5 Å². The van der Waals surface area contributed by atoms with Crippen molar-refractivity contribution in [2.45, 2.75) is 0 Å². The first-order valence-corrected chi connectivity index (χ1v) is 13.0. The minimum absolute atomic E-state index is 0.0613. The molecule has 188 valence electrons. The topological polar surface area (TPSA) is 89.0 Å². The molecule has 0 radical (unpaired) electrons. The van der Waals surface area contributed by atoms with Gasteiger partial charge in [-0.1, -0.05) is 47.5 Å². The number of nitrogens with zero attached hydrogens (tertiary/aromatic N) is 2. The predicted molar refractivity (Wildman–Crippen MR) is 144 cm³/mol. The van der Waals surface area contributed by atoms with Gasteiger partial charge in [-0.2, -0.15) is 0 Å². The van der Waals surface area contributed by atoms with E-state index in [4.69, 9.17) is 32.7 Å². The van der Waals surface area contributed by atoms with Gasteiger partial charge in [0.1, 0.15) is 10.8 Å². The van der Waals surface area contributed by atoms with Gasteiger partial charge in [0.15, 0.2) is 0 Å². The molecule has 5 rings (SSSR count). The van der Waals surface area contributed by atoms with Crippen molar-refractivity contribution in [1.29, 1.82) is 0 Å². The van der Waals surface area contributed by atoms with E-state index in [1.54, 1.807) is 53.4 Å². The van der Waals surface area contributed by atoms with Crippen molar-refractivity contribution in [2.24, 2.45) is 0 Å². The molecule has 0 bridgehead atoms. The van der Waals surface area contributed by atoms with Gasteiger partial charge in [0.05, 0.1) is 29.0 Å². The van der Waals surface area contributed by atoms with Crippen LogP contribution in [0.15, 0.2) is 66.0 Å². The van der Waals surface area contributed by atoms with Gasteiger partial charge in [0, 0.05) is 40.7 Å². The third kappa shape index (κ3) is 5.62. The van der Waals surface area contributed by atoms with E-state index in [0.717, 1.165) is 16.8 Å². The minimum atomic E-state index is -1.42. The average molecular weight is 555 g/mol. The number of halogens is 2. The molecule has 7 nitrogen and oxygen atoms in total. The Morgan fingerprint density at radius 1 is 0.919 bits per heavy atom. The summed E-state index contributed by atoms with van der Waals surface area (Å²) in [7, 11) is 0. The first-order chi connectivity index (χ1) is 17.9. The second kappa shape index (κ2) is 10.9. The molecular formula is C27H20Cl2N2O5S. The van der Waals surface area contributed by atoms with Crippen molar-refractivity contribution in [3.63, 3.8) is 0 Å². The van der Waals surface area contributed by atoms with Crippen molar-refractivity contribution < 1.29 is 24.2 Å². The van der Waals surface area contributed by atoms with Crippen molar-refractivity contribution in [2.75, 3.05) is 26.3 Å². The molecule has 37 heavy (non-hydrogen) atoms. The van der Waals surface area contributed by atoms with Gasteiger partial charge in [-0.3, -0.25) is 4.79 Å². The lowest BCUT2D eigenvalue weighted by Crippen LogP contribution is -2.40. The Morgan fingerprint density at radius 2 is 1.62 bits per heavy atom. The number of carbonyl (C=O) groups is 2. The number of morpholine rings is 1. The van der Waals surface area contributed by atoms with E-state index in [2.05, 4.69) is 4.98 Å². The van der Waals surface area contributed by atoms with Gasteiger partial charge in [0.2, 0.25) is 0 Å². The third-order valence-electron chi connectivity index (χ3n) is 5.89. The smallest absolute Gasteiger partial charge is 0.449 e. The summed E-state index contributed by atoms with van der Waals surface area (Å²) in [6, 6.07) is 17.6. The molecule has 1 aliphatic rings. The van der Waals surface area contributed by atoms with Crippen LogP contribution in [0.3, 0.4) is 0 Å². The first-order valence-electron chi connectivity index (χ1n) is 11.3. The fourth-order valence-electron chi connectivity index (χ4n) is 4.01. The summed E-state index contributed by atoms with van der Waals surface area (Å²) >= 11 is 13.6. The summed E-state index contributed by atoms with van der Waals surface area (Å²) in [4.78, 5) is 30.6. The molecule has 0 saturated carbocycles. The van der Waals surface area contributed by atoms with Gasteiger partial charge < -0.3 is 19.5 Å². The molecule has 4 aromatic rings. The molecule has 1 fully saturated rings. The molecular weight excluding hydrogens is 535 g/mol. The molecule has 1 aliphatic heterocycles. The summed E-state index contributed by atoms with van der Waals surface area (Å²) in [6.45, 7) is 2.17. The highest BCUT2D eigenvalue weighted by Gasteiger charge is 2.19. The number of amides is 1. The minimum Gasteiger partial charge on any atom is -0.449 e. The lowest BCUT2D eigenvalue weighted by Gasteiger charge is -2.26. The number of rotatable bonds is 5. The quantitative estimate of drug-likeness (QED) is 0.211. The van der Waals surface area contributed by atoms with Gasteiger partial charge in [-0.25, -0.2) is 9.78 Å². The number of ether oxygens (including phenoxy) is 2. The number of hydrogen-bond acceptors (Lipinski definition) is 6. The van der Waals surface area contributed by atoms with Crippen molar-refractivity contribution in [1.82, 2.24) is 9.88 Å². The van der Waals surface area contributed by atoms with Gasteiger partial charge >= 0.3 is 6.16 Å². The van der Waals surface area contributed by atoms with E-state index in [1.165, 1.54) is 11.3 Å². The molecule has 1 amide bonds. The number of carbonyl (C=O) groups excluding carboxylic acids is 1. The fraction of sp³-hybridized carbons (Fsp3) is 0.148. The van der Waals surface area contributed by atoms with E-state index in [0.29, 0.717) is 58.0 Å². The average Bonchev–Trinajstić information content (AvgIpc) is 3.41. The van der Waals surface area contributed by atoms with Crippen LogP contribution in [0.5, 0.6) is 5.75 Å². The Hall–Kier alpha value is -3.43. The Bertz CT molecular complexity index is 1470. The molecule has 2 heterocycles. The number of hydrogen-bond donors (Lipinski definition) is 1. The first kappa shape index (κ1) is 25.2. The zero-order valence-electron chi connectivity index (χ0n) is 19.3. The molecule has 1 aromatic heterocycles. The Balaban J connectivity index is 1.43. The second-order valence-corrected chi connectivity index (χ2v) is 9.90. The summed E-state index contributed by atoms with van der Waals surface area (Å²) in [5.41, 5.74) is 4.11. The summed E-state index contributed by atoms with van der Waals surface area (Å²) in [6.07, 6.45) is -1.42. The monoisotopic (exact) mass is 554 g/mol. The predicted octanol–water partition coefficient (Wildman–Crippen LogP) is 6.98. The maximum Gasteiger partial charge on any atom is 0.511 e. The molecule has 0 atom stereocenters. The van der Waals surface area contributed by atoms with Crippen LogP contribution in [0.4, 0.5) is 4.79 Å². The van der Waals surface area contributed by atoms with Crippen LogP contribution in [0.2, 0.25) is 10.0 Å².